The molecule has 0 aliphatic rings. The van der Waals surface area contributed by atoms with E-state index in [1.165, 1.54) is 446 Å². The Hall–Kier alpha value is -0.0800. The van der Waals surface area contributed by atoms with Gasteiger partial charge in [0.1, 0.15) is 0 Å². The highest BCUT2D eigenvalue weighted by Crippen LogP contribution is 2.20. The van der Waals surface area contributed by atoms with Gasteiger partial charge in [-0.3, -0.25) is 0 Å². The largest absolute Gasteiger partial charge is 0.328 e. The zero-order chi connectivity index (χ0) is 57.1. The van der Waals surface area contributed by atoms with Crippen LogP contribution in [-0.2, 0) is 0 Å². The van der Waals surface area contributed by atoms with Crippen LogP contribution in [0.25, 0.3) is 0 Å². The quantitative estimate of drug-likeness (QED) is 0.0421. The summed E-state index contributed by atoms with van der Waals surface area (Å²) < 4.78 is 2.49. The molecule has 0 atom stereocenters. The summed E-state index contributed by atoms with van der Waals surface area (Å²) in [7, 11) is 9.87. The second-order valence-corrected chi connectivity index (χ2v) is 28.0. The van der Waals surface area contributed by atoms with Gasteiger partial charge < -0.3 is 8.97 Å². The normalized spacial score (nSPS) is 12.0. The molecule has 78 heavy (non-hydrogen) atoms. The van der Waals surface area contributed by atoms with Crippen molar-refractivity contribution in [2.75, 3.05) is 54.4 Å². The molecule has 2 heteroatoms. The van der Waals surface area contributed by atoms with Crippen LogP contribution in [-0.4, -0.2) is 63.3 Å². The first-order chi connectivity index (χ1) is 38.2. The average Bonchev–Trinajstić information content (AvgIpc) is 3.42. The van der Waals surface area contributed by atoms with Crippen LogP contribution in [0.1, 0.15) is 439 Å². The highest BCUT2D eigenvalue weighted by Gasteiger charge is 2.15. The zero-order valence-electron chi connectivity index (χ0n) is 57.0. The predicted octanol–water partition coefficient (Wildman–Crippen LogP) is 27.2. The molecule has 0 fully saturated rings. The standard InChI is InChI=1S/2C38H80N/c2*1-5-7-9-11-13-15-17-19-21-23-25-27-29-31-33-35-37-39(3,4)38-36-34-32-30-28-26-24-22-20-18-16-14-12-10-8-6-2/h2*5-38H2,1-4H3/q2*+1. The summed E-state index contributed by atoms with van der Waals surface area (Å²) in [5, 5.41) is 0. The lowest BCUT2D eigenvalue weighted by molar-refractivity contribution is -0.890. The minimum Gasteiger partial charge on any atom is -0.328 e. The van der Waals surface area contributed by atoms with E-state index in [4.69, 9.17) is 0 Å². The van der Waals surface area contributed by atoms with Crippen LogP contribution in [0.15, 0.2) is 0 Å². The molecule has 0 aromatic heterocycles. The van der Waals surface area contributed by atoms with Gasteiger partial charge in [0.15, 0.2) is 0 Å². The van der Waals surface area contributed by atoms with Gasteiger partial charge in [0.25, 0.3) is 0 Å². The molecule has 0 saturated heterocycles. The molecule has 2 nitrogen and oxygen atoms in total. The van der Waals surface area contributed by atoms with Gasteiger partial charge in [-0.1, -0.05) is 387 Å². The summed E-state index contributed by atoms with van der Waals surface area (Å²) in [6.07, 6.45) is 93.9. The van der Waals surface area contributed by atoms with E-state index in [-0.39, 0.29) is 0 Å². The summed E-state index contributed by atoms with van der Waals surface area (Å²) in [5.41, 5.74) is 0. The maximum absolute atomic E-state index is 2.47. The molecule has 0 amide bonds. The minimum atomic E-state index is 1.25. The van der Waals surface area contributed by atoms with Crippen molar-refractivity contribution >= 4 is 0 Å². The van der Waals surface area contributed by atoms with Crippen LogP contribution in [0, 0.1) is 0 Å². The van der Waals surface area contributed by atoms with E-state index in [1.807, 2.05) is 0 Å². The van der Waals surface area contributed by atoms with Crippen molar-refractivity contribution in [3.63, 3.8) is 0 Å². The van der Waals surface area contributed by atoms with Gasteiger partial charge in [0.2, 0.25) is 0 Å². The predicted molar refractivity (Wildman–Crippen MR) is 362 cm³/mol. The van der Waals surface area contributed by atoms with Crippen molar-refractivity contribution in [3.05, 3.63) is 0 Å². The van der Waals surface area contributed by atoms with Gasteiger partial charge in [-0.2, -0.15) is 0 Å². The van der Waals surface area contributed by atoms with Crippen molar-refractivity contribution in [2.45, 2.75) is 439 Å². The van der Waals surface area contributed by atoms with Crippen LogP contribution >= 0.6 is 0 Å². The van der Waals surface area contributed by atoms with E-state index in [1.54, 1.807) is 0 Å². The Morgan fingerprint density at radius 3 is 0.282 bits per heavy atom. The third-order valence-electron chi connectivity index (χ3n) is 18.5. The highest BCUT2D eigenvalue weighted by molar-refractivity contribution is 4.56. The number of hydrogen-bond donors (Lipinski definition) is 0. The van der Waals surface area contributed by atoms with Crippen molar-refractivity contribution in [2.24, 2.45) is 0 Å². The fraction of sp³-hybridized carbons (Fsp3) is 1.00. The van der Waals surface area contributed by atoms with Crippen molar-refractivity contribution in [1.82, 2.24) is 0 Å². The summed E-state index contributed by atoms with van der Waals surface area (Å²) in [6.45, 7) is 14.8. The maximum atomic E-state index is 2.47. The lowest BCUT2D eigenvalue weighted by atomic mass is 10.0. The second-order valence-electron chi connectivity index (χ2n) is 28.0. The van der Waals surface area contributed by atoms with E-state index in [2.05, 4.69) is 55.9 Å². The second kappa shape index (κ2) is 69.4. The maximum Gasteiger partial charge on any atom is 0.0782 e. The molecule has 0 aliphatic carbocycles. The Kier molecular flexibility index (Phi) is 71.2. The van der Waals surface area contributed by atoms with Crippen molar-refractivity contribution in [1.29, 1.82) is 0 Å². The molecule has 0 aromatic rings. The molecular weight excluding hydrogens is 941 g/mol. The number of rotatable bonds is 68. The Bertz CT molecular complexity index is 861. The number of hydrogen-bond acceptors (Lipinski definition) is 0. The van der Waals surface area contributed by atoms with Crippen molar-refractivity contribution < 1.29 is 8.97 Å². The fourth-order valence-corrected chi connectivity index (χ4v) is 12.6. The molecular formula is C76H160N2+2. The van der Waals surface area contributed by atoms with Gasteiger partial charge in [-0.15, -0.1) is 0 Å². The van der Waals surface area contributed by atoms with E-state index < -0.39 is 0 Å². The lowest BCUT2D eigenvalue weighted by Crippen LogP contribution is -2.41. The molecule has 0 rings (SSSR count). The summed E-state index contributed by atoms with van der Waals surface area (Å²) >= 11 is 0. The van der Waals surface area contributed by atoms with Gasteiger partial charge in [0, 0.05) is 0 Å². The number of quaternary nitrogens is 2. The van der Waals surface area contributed by atoms with Gasteiger partial charge in [-0.25, -0.2) is 0 Å². The van der Waals surface area contributed by atoms with E-state index >= 15 is 0 Å². The van der Waals surface area contributed by atoms with Gasteiger partial charge in [-0.05, 0) is 51.4 Å². The smallest absolute Gasteiger partial charge is 0.0782 e. The molecule has 0 aliphatic heterocycles. The molecule has 0 unspecified atom stereocenters. The lowest BCUT2D eigenvalue weighted by Gasteiger charge is -2.30. The Labute approximate surface area is 499 Å². The average molecular weight is 1100 g/mol. The topological polar surface area (TPSA) is 0 Å². The van der Waals surface area contributed by atoms with Gasteiger partial charge in [0.05, 0.1) is 54.4 Å². The fourth-order valence-electron chi connectivity index (χ4n) is 12.6. The number of nitrogens with zero attached hydrogens (tertiary/aromatic N) is 2. The molecule has 0 bridgehead atoms. The monoisotopic (exact) mass is 1100 g/mol. The molecule has 0 spiro atoms. The summed E-state index contributed by atoms with van der Waals surface area (Å²) in [4.78, 5) is 0. The summed E-state index contributed by atoms with van der Waals surface area (Å²) in [6, 6.07) is 0. The Balaban J connectivity index is 0. The molecule has 0 radical (unpaired) electrons. The van der Waals surface area contributed by atoms with Crippen LogP contribution in [0.2, 0.25) is 0 Å². The summed E-state index contributed by atoms with van der Waals surface area (Å²) in [5.74, 6) is 0. The number of unbranched alkanes of at least 4 members (excludes halogenated alkanes) is 60. The van der Waals surface area contributed by atoms with Crippen LogP contribution in [0.3, 0.4) is 0 Å². The van der Waals surface area contributed by atoms with Crippen LogP contribution in [0.5, 0.6) is 0 Å². The molecule has 0 N–H and O–H groups in total. The van der Waals surface area contributed by atoms with E-state index in [0.29, 0.717) is 0 Å². The van der Waals surface area contributed by atoms with Crippen LogP contribution in [0.4, 0.5) is 0 Å². The highest BCUT2D eigenvalue weighted by atomic mass is 15.3. The SMILES string of the molecule is CCCCCCCCCCCCCCCCCC[N+](C)(C)CCCCCCCCCCCCCCCCCC.CCCCCCCCCCCCCCCCCC[N+](C)(C)CCCCCCCCCCCCCCCCCC. The molecule has 472 valence electrons. The molecule has 0 heterocycles. The third kappa shape index (κ3) is 73.9. The molecule has 0 aromatic carbocycles. The first-order valence-corrected chi connectivity index (χ1v) is 37.9. The first-order valence-electron chi connectivity index (χ1n) is 37.9. The van der Waals surface area contributed by atoms with Crippen LogP contribution < -0.4 is 0 Å². The zero-order valence-corrected chi connectivity index (χ0v) is 57.0. The van der Waals surface area contributed by atoms with E-state index in [0.717, 1.165) is 0 Å². The minimum absolute atomic E-state index is 1.25. The van der Waals surface area contributed by atoms with Crippen molar-refractivity contribution in [3.8, 4) is 0 Å². The Morgan fingerprint density at radius 2 is 0.192 bits per heavy atom. The van der Waals surface area contributed by atoms with E-state index in [9.17, 15) is 0 Å². The Morgan fingerprint density at radius 1 is 0.115 bits per heavy atom. The first kappa shape index (κ1) is 80.0. The third-order valence-corrected chi connectivity index (χ3v) is 18.5. The molecule has 0 saturated carbocycles. The van der Waals surface area contributed by atoms with Gasteiger partial charge >= 0.3 is 0 Å².